The Balaban J connectivity index is 1.66. The van der Waals surface area contributed by atoms with E-state index >= 15 is 0 Å². The molecule has 11 heteroatoms. The van der Waals surface area contributed by atoms with Crippen LogP contribution in [0.2, 0.25) is 0 Å². The van der Waals surface area contributed by atoms with Gasteiger partial charge in [0.05, 0.1) is 28.4 Å². The molecule has 3 aromatic rings. The molecule has 1 aliphatic rings. The monoisotopic (exact) mass is 586 g/mol. The Morgan fingerprint density at radius 1 is 1.19 bits per heavy atom. The van der Waals surface area contributed by atoms with E-state index in [4.69, 9.17) is 10.5 Å². The first-order valence-corrected chi connectivity index (χ1v) is 14.3. The van der Waals surface area contributed by atoms with E-state index in [-0.39, 0.29) is 24.1 Å². The molecule has 0 bridgehead atoms. The van der Waals surface area contributed by atoms with Gasteiger partial charge in [-0.2, -0.15) is 5.26 Å². The van der Waals surface area contributed by atoms with Crippen LogP contribution in [-0.4, -0.2) is 46.3 Å². The van der Waals surface area contributed by atoms with E-state index < -0.39 is 34.7 Å². The number of aromatic amines is 1. The number of amides is 3. The van der Waals surface area contributed by atoms with Crippen LogP contribution in [0.25, 0.3) is 11.0 Å². The van der Waals surface area contributed by atoms with Crippen molar-refractivity contribution in [2.24, 2.45) is 23.0 Å². The molecule has 0 radical (unpaired) electrons. The summed E-state index contributed by atoms with van der Waals surface area (Å²) in [5.74, 6) is -2.72. The van der Waals surface area contributed by atoms with Gasteiger partial charge in [0.15, 0.2) is 0 Å². The van der Waals surface area contributed by atoms with Gasteiger partial charge in [0.25, 0.3) is 0 Å². The van der Waals surface area contributed by atoms with E-state index in [1.54, 1.807) is 58.2 Å². The number of H-pyrrole nitrogens is 1. The number of nitrogens with zero attached hydrogens (tertiary/aromatic N) is 3. The molecule has 0 aliphatic heterocycles. The van der Waals surface area contributed by atoms with E-state index in [1.165, 1.54) is 11.8 Å². The van der Waals surface area contributed by atoms with Crippen LogP contribution in [0.15, 0.2) is 42.5 Å². The molecule has 4 rings (SSSR count). The average molecular weight is 587 g/mol. The highest BCUT2D eigenvalue weighted by molar-refractivity contribution is 5.99. The Bertz CT molecular complexity index is 1590. The molecule has 1 heterocycles. The lowest BCUT2D eigenvalue weighted by atomic mass is 9.61. The van der Waals surface area contributed by atoms with Gasteiger partial charge >= 0.3 is 5.97 Å². The molecule has 1 fully saturated rings. The zero-order valence-electron chi connectivity index (χ0n) is 25.2. The summed E-state index contributed by atoms with van der Waals surface area (Å²) < 4.78 is 5.40. The van der Waals surface area contributed by atoms with Gasteiger partial charge in [-0.3, -0.25) is 14.4 Å². The maximum atomic E-state index is 14.1. The van der Waals surface area contributed by atoms with Crippen LogP contribution in [-0.2, 0) is 25.5 Å². The van der Waals surface area contributed by atoms with Gasteiger partial charge in [0.1, 0.15) is 5.60 Å². The highest BCUT2D eigenvalue weighted by Crippen LogP contribution is 2.46. The highest BCUT2D eigenvalue weighted by Gasteiger charge is 2.49. The van der Waals surface area contributed by atoms with Crippen molar-refractivity contribution in [2.75, 3.05) is 17.3 Å². The molecule has 0 spiro atoms. The Morgan fingerprint density at radius 3 is 2.49 bits per heavy atom. The number of carbonyl (C=O) groups is 4. The number of imidazole rings is 1. The molecular formula is C32H38N6O5. The fourth-order valence-electron chi connectivity index (χ4n) is 5.61. The number of ether oxygens (including phenoxy) is 1. The molecule has 4 N–H and O–H groups in total. The van der Waals surface area contributed by atoms with Crippen LogP contribution in [0.3, 0.4) is 0 Å². The van der Waals surface area contributed by atoms with E-state index in [9.17, 15) is 24.4 Å². The molecule has 1 aromatic heterocycles. The second kappa shape index (κ2) is 12.3. The first-order valence-electron chi connectivity index (χ1n) is 14.3. The van der Waals surface area contributed by atoms with Crippen molar-refractivity contribution in [3.8, 4) is 6.07 Å². The first-order chi connectivity index (χ1) is 20.2. The molecule has 3 amide bonds. The van der Waals surface area contributed by atoms with E-state index in [0.29, 0.717) is 48.1 Å². The number of primary amides is 1. The third-order valence-corrected chi connectivity index (χ3v) is 8.09. The van der Waals surface area contributed by atoms with E-state index in [2.05, 4.69) is 21.4 Å². The molecular weight excluding hydrogens is 548 g/mol. The second-order valence-corrected chi connectivity index (χ2v) is 12.2. The van der Waals surface area contributed by atoms with Crippen molar-refractivity contribution in [2.45, 2.75) is 65.4 Å². The maximum Gasteiger partial charge on any atom is 0.374 e. The van der Waals surface area contributed by atoms with Crippen molar-refractivity contribution in [1.29, 1.82) is 5.26 Å². The molecule has 1 saturated carbocycles. The molecule has 11 nitrogen and oxygen atoms in total. The van der Waals surface area contributed by atoms with Crippen LogP contribution in [0.4, 0.5) is 11.4 Å². The van der Waals surface area contributed by atoms with Crippen LogP contribution in [0.1, 0.15) is 69.6 Å². The standard InChI is InChI=1S/C32H38N6O5/c1-19(39)38(5)23-8-6-7-21(15-23)16-24(32(30(34)42)13-11-20(18-33)12-14-32)28(40)35-22-9-10-25-26(17-22)37-27(36-25)29(41)43-31(2,3)4/h6-10,15,17,20,24H,11-14,16H2,1-5H3,(H2,34,42)(H,35,40)(H,36,37)/t20?,24-,32?/m1/s1. The van der Waals surface area contributed by atoms with Gasteiger partial charge in [-0.05, 0) is 88.8 Å². The van der Waals surface area contributed by atoms with Crippen LogP contribution in [0.5, 0.6) is 0 Å². The summed E-state index contributed by atoms with van der Waals surface area (Å²) in [5, 5.41) is 12.4. The number of carbonyl (C=O) groups excluding carboxylic acids is 4. The number of rotatable bonds is 8. The molecule has 1 aliphatic carbocycles. The Hall–Kier alpha value is -4.72. The number of nitriles is 1. The summed E-state index contributed by atoms with van der Waals surface area (Å²) in [6.45, 7) is 6.76. The van der Waals surface area contributed by atoms with Gasteiger partial charge < -0.3 is 25.7 Å². The first kappa shape index (κ1) is 31.2. The van der Waals surface area contributed by atoms with Crippen LogP contribution in [0, 0.1) is 28.6 Å². The van der Waals surface area contributed by atoms with Crippen molar-refractivity contribution in [3.05, 3.63) is 53.9 Å². The normalized spacial score (nSPS) is 19.2. The minimum atomic E-state index is -1.17. The summed E-state index contributed by atoms with van der Waals surface area (Å²) in [6, 6.07) is 14.6. The number of hydrogen-bond donors (Lipinski definition) is 3. The predicted octanol–water partition coefficient (Wildman–Crippen LogP) is 4.48. The molecule has 226 valence electrons. The number of aromatic nitrogens is 2. The third-order valence-electron chi connectivity index (χ3n) is 8.09. The van der Waals surface area contributed by atoms with Gasteiger partial charge in [-0.25, -0.2) is 9.78 Å². The molecule has 1 atom stereocenters. The summed E-state index contributed by atoms with van der Waals surface area (Å²) in [7, 11) is 1.67. The van der Waals surface area contributed by atoms with Crippen molar-refractivity contribution < 1.29 is 23.9 Å². The quantitative estimate of drug-likeness (QED) is 0.326. The third kappa shape index (κ3) is 7.02. The topological polar surface area (TPSA) is 171 Å². The zero-order valence-corrected chi connectivity index (χ0v) is 25.2. The smallest absolute Gasteiger partial charge is 0.374 e. The predicted molar refractivity (Wildman–Crippen MR) is 162 cm³/mol. The minimum Gasteiger partial charge on any atom is -0.454 e. The van der Waals surface area contributed by atoms with Crippen molar-refractivity contribution >= 4 is 46.1 Å². The number of anilines is 2. The van der Waals surface area contributed by atoms with Gasteiger partial charge in [0.2, 0.25) is 23.5 Å². The second-order valence-electron chi connectivity index (χ2n) is 12.2. The average Bonchev–Trinajstić information content (AvgIpc) is 3.38. The number of fused-ring (bicyclic) bond motifs is 1. The van der Waals surface area contributed by atoms with Crippen molar-refractivity contribution in [3.63, 3.8) is 0 Å². The minimum absolute atomic E-state index is 0.0450. The summed E-state index contributed by atoms with van der Waals surface area (Å²) >= 11 is 0. The lowest BCUT2D eigenvalue weighted by Gasteiger charge is -2.41. The molecule has 0 unspecified atom stereocenters. The highest BCUT2D eigenvalue weighted by atomic mass is 16.6. The fourth-order valence-corrected chi connectivity index (χ4v) is 5.61. The lowest BCUT2D eigenvalue weighted by Crippen LogP contribution is -2.50. The van der Waals surface area contributed by atoms with Crippen LogP contribution < -0.4 is 16.0 Å². The number of esters is 1. The molecule has 43 heavy (non-hydrogen) atoms. The van der Waals surface area contributed by atoms with Crippen LogP contribution >= 0.6 is 0 Å². The van der Waals surface area contributed by atoms with Gasteiger partial charge in [0, 0.05) is 31.3 Å². The summed E-state index contributed by atoms with van der Waals surface area (Å²) in [6.07, 6.45) is 1.73. The number of nitrogens with one attached hydrogen (secondary N) is 2. The summed E-state index contributed by atoms with van der Waals surface area (Å²) in [4.78, 5) is 60.4. The number of nitrogens with two attached hydrogens (primary N) is 1. The Kier molecular flexibility index (Phi) is 8.90. The SMILES string of the molecule is CC(=O)N(C)c1cccc(C[C@H](C(=O)Nc2ccc3[nH]c(C(=O)OC(C)(C)C)nc3c2)C2(C(N)=O)CCC(C#N)CC2)c1. The van der Waals surface area contributed by atoms with Gasteiger partial charge in [-0.15, -0.1) is 0 Å². The lowest BCUT2D eigenvalue weighted by molar-refractivity contribution is -0.140. The van der Waals surface area contributed by atoms with E-state index in [1.807, 2.05) is 12.1 Å². The Morgan fingerprint density at radius 2 is 1.88 bits per heavy atom. The maximum absolute atomic E-state index is 14.1. The number of benzene rings is 2. The fraction of sp³-hybridized carbons (Fsp3) is 0.438. The van der Waals surface area contributed by atoms with E-state index in [0.717, 1.165) is 5.56 Å². The Labute approximate surface area is 250 Å². The number of hydrogen-bond acceptors (Lipinski definition) is 7. The largest absolute Gasteiger partial charge is 0.454 e. The van der Waals surface area contributed by atoms with Gasteiger partial charge in [-0.1, -0.05) is 12.1 Å². The molecule has 2 aromatic carbocycles. The van der Waals surface area contributed by atoms with Crippen molar-refractivity contribution in [1.82, 2.24) is 9.97 Å². The molecule has 0 saturated heterocycles. The summed E-state index contributed by atoms with van der Waals surface area (Å²) in [5.41, 5.74) is 7.07. The zero-order chi connectivity index (χ0) is 31.5.